The molecule has 1 atom stereocenters. The predicted molar refractivity (Wildman–Crippen MR) is 43.9 cm³/mol. The van der Waals surface area contributed by atoms with Gasteiger partial charge in [-0.2, -0.15) is 0 Å². The number of nitrogens with one attached hydrogen (secondary N) is 1. The van der Waals surface area contributed by atoms with E-state index in [0.29, 0.717) is 25.7 Å². The minimum absolute atomic E-state index is 0.212. The molecule has 0 aromatic carbocycles. The highest BCUT2D eigenvalue weighted by molar-refractivity contribution is 5.69. The Kier molecular flexibility index (Phi) is 4.04. The fourth-order valence-corrected chi connectivity index (χ4v) is 0.974. The molecule has 0 bridgehead atoms. The van der Waals surface area contributed by atoms with Crippen LogP contribution in [0.15, 0.2) is 0 Å². The van der Waals surface area contributed by atoms with E-state index in [-0.39, 0.29) is 5.97 Å². The van der Waals surface area contributed by atoms with Crippen LogP contribution in [0.5, 0.6) is 0 Å². The van der Waals surface area contributed by atoms with E-state index in [9.17, 15) is 4.79 Å². The molecule has 0 aliphatic carbocycles. The van der Waals surface area contributed by atoms with E-state index in [0.717, 1.165) is 6.54 Å². The fraction of sp³-hybridized carbons (Fsp3) is 0.875. The zero-order valence-electron chi connectivity index (χ0n) is 7.34. The first kappa shape index (κ1) is 9.48. The predicted octanol–water partition coefficient (Wildman–Crippen LogP) is -0.0720. The van der Waals surface area contributed by atoms with Crippen molar-refractivity contribution in [2.45, 2.75) is 18.9 Å². The van der Waals surface area contributed by atoms with Crippen LogP contribution in [0.25, 0.3) is 0 Å². The minimum atomic E-state index is -0.212. The number of ether oxygens (including phenoxy) is 2. The molecule has 12 heavy (non-hydrogen) atoms. The molecule has 0 aromatic rings. The van der Waals surface area contributed by atoms with Gasteiger partial charge in [-0.05, 0) is 13.0 Å². The normalized spacial score (nSPS) is 21.6. The number of hydrogen-bond donors (Lipinski definition) is 1. The van der Waals surface area contributed by atoms with Crippen molar-refractivity contribution in [1.29, 1.82) is 0 Å². The summed E-state index contributed by atoms with van der Waals surface area (Å²) in [5.41, 5.74) is 0. The lowest BCUT2D eigenvalue weighted by atomic mass is 10.1. The van der Waals surface area contributed by atoms with E-state index in [1.807, 2.05) is 0 Å². The third kappa shape index (κ3) is 3.19. The third-order valence-corrected chi connectivity index (χ3v) is 1.92. The molecule has 1 rings (SSSR count). The smallest absolute Gasteiger partial charge is 0.307 e. The summed E-state index contributed by atoms with van der Waals surface area (Å²) < 4.78 is 9.71. The molecule has 0 spiro atoms. The van der Waals surface area contributed by atoms with E-state index in [1.165, 1.54) is 13.5 Å². The van der Waals surface area contributed by atoms with E-state index in [4.69, 9.17) is 4.74 Å². The summed E-state index contributed by atoms with van der Waals surface area (Å²) in [7, 11) is 1.38. The first-order valence-corrected chi connectivity index (χ1v) is 4.21. The number of methoxy groups -OCH3 is 1. The first-order valence-electron chi connectivity index (χ1n) is 4.21. The lowest BCUT2D eigenvalue weighted by Crippen LogP contribution is -2.46. The number of esters is 1. The van der Waals surface area contributed by atoms with Gasteiger partial charge < -0.3 is 14.8 Å². The lowest BCUT2D eigenvalue weighted by molar-refractivity contribution is -0.141. The van der Waals surface area contributed by atoms with Crippen molar-refractivity contribution in [3.63, 3.8) is 0 Å². The van der Waals surface area contributed by atoms with Crippen LogP contribution in [-0.4, -0.2) is 38.9 Å². The number of rotatable bonds is 5. The maximum Gasteiger partial charge on any atom is 0.307 e. The Hall–Kier alpha value is -0.610. The van der Waals surface area contributed by atoms with Crippen molar-refractivity contribution in [3.05, 3.63) is 0 Å². The lowest BCUT2D eigenvalue weighted by Gasteiger charge is -2.27. The molecule has 0 saturated carbocycles. The van der Waals surface area contributed by atoms with Gasteiger partial charge in [-0.3, -0.25) is 4.79 Å². The molecule has 1 unspecified atom stereocenters. The Morgan fingerprint density at radius 2 is 2.42 bits per heavy atom. The van der Waals surface area contributed by atoms with Crippen LogP contribution in [0.2, 0.25) is 0 Å². The van der Waals surface area contributed by atoms with Gasteiger partial charge >= 0.3 is 5.97 Å². The van der Waals surface area contributed by atoms with Crippen molar-refractivity contribution >= 4 is 5.97 Å². The third-order valence-electron chi connectivity index (χ3n) is 1.92. The van der Waals surface area contributed by atoms with Gasteiger partial charge in [0, 0.05) is 6.04 Å². The largest absolute Gasteiger partial charge is 0.469 e. The average molecular weight is 173 g/mol. The van der Waals surface area contributed by atoms with E-state index in [2.05, 4.69) is 10.1 Å². The summed E-state index contributed by atoms with van der Waals surface area (Å²) in [5, 5.41) is 3.21. The standard InChI is InChI=1S/C8H15NO3/c1-11-8(10)3-5-12-6-7-2-4-9-7/h7,9H,2-6H2,1H3. The SMILES string of the molecule is COC(=O)CCOCC1CCN1. The van der Waals surface area contributed by atoms with Crippen LogP contribution in [0.1, 0.15) is 12.8 Å². The highest BCUT2D eigenvalue weighted by Gasteiger charge is 2.15. The second-order valence-corrected chi connectivity index (χ2v) is 2.84. The highest BCUT2D eigenvalue weighted by Crippen LogP contribution is 2.01. The van der Waals surface area contributed by atoms with Crippen LogP contribution in [-0.2, 0) is 14.3 Å². The van der Waals surface area contributed by atoms with Gasteiger partial charge in [-0.15, -0.1) is 0 Å². The van der Waals surface area contributed by atoms with Gasteiger partial charge in [0.1, 0.15) is 0 Å². The molecule has 70 valence electrons. The Morgan fingerprint density at radius 1 is 1.67 bits per heavy atom. The Morgan fingerprint density at radius 3 is 2.92 bits per heavy atom. The van der Waals surface area contributed by atoms with E-state index < -0.39 is 0 Å². The molecule has 4 nitrogen and oxygen atoms in total. The molecule has 0 amide bonds. The Labute approximate surface area is 72.2 Å². The zero-order valence-corrected chi connectivity index (χ0v) is 7.34. The Bertz CT molecular complexity index is 145. The van der Waals surface area contributed by atoms with Crippen molar-refractivity contribution in [2.24, 2.45) is 0 Å². The summed E-state index contributed by atoms with van der Waals surface area (Å²) in [6, 6.07) is 0.502. The molecule has 0 aromatic heterocycles. The van der Waals surface area contributed by atoms with Crippen LogP contribution in [0.4, 0.5) is 0 Å². The molecular weight excluding hydrogens is 158 g/mol. The van der Waals surface area contributed by atoms with E-state index >= 15 is 0 Å². The molecule has 1 aliphatic rings. The van der Waals surface area contributed by atoms with Gasteiger partial charge in [0.15, 0.2) is 0 Å². The van der Waals surface area contributed by atoms with Gasteiger partial charge in [0.25, 0.3) is 0 Å². The zero-order chi connectivity index (χ0) is 8.81. The average Bonchev–Trinajstić information content (AvgIpc) is 2.00. The van der Waals surface area contributed by atoms with Gasteiger partial charge in [-0.1, -0.05) is 0 Å². The molecule has 1 heterocycles. The van der Waals surface area contributed by atoms with Crippen LogP contribution in [0.3, 0.4) is 0 Å². The molecule has 1 aliphatic heterocycles. The molecule has 1 fully saturated rings. The van der Waals surface area contributed by atoms with Crippen LogP contribution >= 0.6 is 0 Å². The van der Waals surface area contributed by atoms with Crippen molar-refractivity contribution in [3.8, 4) is 0 Å². The molecule has 0 radical (unpaired) electrons. The number of carbonyl (C=O) groups excluding carboxylic acids is 1. The van der Waals surface area contributed by atoms with Gasteiger partial charge in [0.05, 0.1) is 26.7 Å². The fourth-order valence-electron chi connectivity index (χ4n) is 0.974. The summed E-state index contributed by atoms with van der Waals surface area (Å²) in [6.07, 6.45) is 1.53. The van der Waals surface area contributed by atoms with Crippen molar-refractivity contribution in [2.75, 3.05) is 26.9 Å². The van der Waals surface area contributed by atoms with Gasteiger partial charge in [0.2, 0.25) is 0 Å². The summed E-state index contributed by atoms with van der Waals surface area (Å²) in [4.78, 5) is 10.6. The summed E-state index contributed by atoms with van der Waals surface area (Å²) >= 11 is 0. The second-order valence-electron chi connectivity index (χ2n) is 2.84. The van der Waals surface area contributed by atoms with Crippen molar-refractivity contribution in [1.82, 2.24) is 5.32 Å². The molecule has 1 saturated heterocycles. The maximum absolute atomic E-state index is 10.6. The highest BCUT2D eigenvalue weighted by atomic mass is 16.5. The molecule has 4 heteroatoms. The van der Waals surface area contributed by atoms with Gasteiger partial charge in [-0.25, -0.2) is 0 Å². The van der Waals surface area contributed by atoms with E-state index in [1.54, 1.807) is 0 Å². The van der Waals surface area contributed by atoms with Crippen LogP contribution in [0, 0.1) is 0 Å². The monoisotopic (exact) mass is 173 g/mol. The topological polar surface area (TPSA) is 47.6 Å². The second kappa shape index (κ2) is 5.11. The maximum atomic E-state index is 10.6. The minimum Gasteiger partial charge on any atom is -0.469 e. The Balaban J connectivity index is 1.85. The first-order chi connectivity index (χ1) is 5.83. The number of carbonyl (C=O) groups is 1. The summed E-state index contributed by atoms with van der Waals surface area (Å²) in [5.74, 6) is -0.212. The van der Waals surface area contributed by atoms with Crippen LogP contribution < -0.4 is 5.32 Å². The quantitative estimate of drug-likeness (QED) is 0.467. The number of hydrogen-bond acceptors (Lipinski definition) is 4. The molecular formula is C8H15NO3. The summed E-state index contributed by atoms with van der Waals surface area (Å²) in [6.45, 7) is 2.26. The van der Waals surface area contributed by atoms with Crippen molar-refractivity contribution < 1.29 is 14.3 Å². The molecule has 1 N–H and O–H groups in total.